The first-order chi connectivity index (χ1) is 15.6. The molecule has 33 heavy (non-hydrogen) atoms. The van der Waals surface area contributed by atoms with Crippen LogP contribution < -0.4 is 0 Å². The molecule has 1 aromatic carbocycles. The van der Waals surface area contributed by atoms with Crippen molar-refractivity contribution in [2.75, 3.05) is 7.05 Å². The van der Waals surface area contributed by atoms with Crippen molar-refractivity contribution >= 4 is 18.4 Å². The first-order valence-electron chi connectivity index (χ1n) is 11.9. The fraction of sp³-hybridized carbons (Fsp3) is 0.414. The minimum Gasteiger partial charge on any atom is -0.400 e. The van der Waals surface area contributed by atoms with Crippen molar-refractivity contribution in [2.24, 2.45) is 10.9 Å². The third kappa shape index (κ3) is 6.34. The Labute approximate surface area is 200 Å². The second-order valence-electron chi connectivity index (χ2n) is 9.91. The highest BCUT2D eigenvalue weighted by Gasteiger charge is 2.50. The fourth-order valence-corrected chi connectivity index (χ4v) is 4.04. The zero-order valence-corrected chi connectivity index (χ0v) is 21.3. The molecule has 1 aliphatic heterocycles. The minimum atomic E-state index is -0.393. The van der Waals surface area contributed by atoms with Gasteiger partial charge < -0.3 is 9.31 Å². The molecule has 1 saturated heterocycles. The normalized spacial score (nSPS) is 22.1. The number of hydrogen-bond donors (Lipinski definition) is 0. The summed E-state index contributed by atoms with van der Waals surface area (Å²) in [7, 11) is 1.45. The third-order valence-electron chi connectivity index (χ3n) is 6.88. The van der Waals surface area contributed by atoms with E-state index in [1.165, 1.54) is 16.7 Å². The molecule has 0 spiro atoms. The number of nitrogens with zero attached hydrogens (tertiary/aromatic N) is 1. The molecule has 0 N–H and O–H groups in total. The fourth-order valence-electron chi connectivity index (χ4n) is 4.04. The molecule has 3 nitrogen and oxygen atoms in total. The highest BCUT2D eigenvalue weighted by atomic mass is 16.7. The van der Waals surface area contributed by atoms with E-state index in [9.17, 15) is 0 Å². The van der Waals surface area contributed by atoms with E-state index >= 15 is 0 Å². The minimum absolute atomic E-state index is 0.326. The molecule has 0 amide bonds. The molecule has 1 aromatic rings. The Hall–Kier alpha value is -2.43. The molecule has 0 aromatic heterocycles. The molecule has 1 atom stereocenters. The highest BCUT2D eigenvalue weighted by molar-refractivity contribution is 6.52. The molecule has 0 radical (unpaired) electrons. The van der Waals surface area contributed by atoms with Crippen LogP contribution in [0.1, 0.15) is 59.9 Å². The number of hydrogen-bond acceptors (Lipinski definition) is 3. The number of aliphatic imine (C=N–C) groups is 1. The average molecular weight is 443 g/mol. The van der Waals surface area contributed by atoms with Crippen LogP contribution in [0, 0.1) is 5.92 Å². The summed E-state index contributed by atoms with van der Waals surface area (Å²) in [6.45, 7) is 12.7. The molecular weight excluding hydrogens is 405 g/mol. The van der Waals surface area contributed by atoms with Gasteiger partial charge in [0.25, 0.3) is 0 Å². The van der Waals surface area contributed by atoms with Crippen LogP contribution in [0.3, 0.4) is 0 Å². The van der Waals surface area contributed by atoms with Crippen LogP contribution in [-0.4, -0.2) is 31.1 Å². The van der Waals surface area contributed by atoms with E-state index in [1.54, 1.807) is 0 Å². The molecule has 3 rings (SSSR count). The van der Waals surface area contributed by atoms with Crippen LogP contribution in [0.4, 0.5) is 0 Å². The van der Waals surface area contributed by atoms with Crippen molar-refractivity contribution in [1.82, 2.24) is 0 Å². The second-order valence-corrected chi connectivity index (χ2v) is 9.91. The van der Waals surface area contributed by atoms with E-state index in [0.29, 0.717) is 5.92 Å². The van der Waals surface area contributed by atoms with Crippen molar-refractivity contribution in [1.29, 1.82) is 0 Å². The molecular formula is C29H38BNO2. The third-order valence-corrected chi connectivity index (χ3v) is 6.88. The van der Waals surface area contributed by atoms with E-state index in [-0.39, 0.29) is 11.2 Å². The lowest BCUT2D eigenvalue weighted by atomic mass is 9.87. The average Bonchev–Trinajstić information content (AvgIpc) is 3.01. The van der Waals surface area contributed by atoms with Gasteiger partial charge in [-0.15, -0.1) is 0 Å². The van der Waals surface area contributed by atoms with Crippen LogP contribution >= 0.6 is 0 Å². The van der Waals surface area contributed by atoms with Crippen molar-refractivity contribution in [3.8, 4) is 0 Å². The predicted molar refractivity (Wildman–Crippen MR) is 142 cm³/mol. The molecule has 1 heterocycles. The van der Waals surface area contributed by atoms with E-state index in [2.05, 4.69) is 101 Å². The summed E-state index contributed by atoms with van der Waals surface area (Å²) in [4.78, 5) is 4.64. The standard InChI is InChI=1S/C29H38BNO2/c1-22(24-14-10-8-11-15-24)20-26(21-23(2)25-16-12-9-13-17-25)27(31-7)18-19-30-32-28(3,4)29(5,6)33-30/h8-12,14-16,18-21,23H,13,17H2,1-7H3/b19-18+,22-20+,26-21+,31-27?. The molecule has 1 unspecified atom stereocenters. The Morgan fingerprint density at radius 1 is 1.09 bits per heavy atom. The van der Waals surface area contributed by atoms with Crippen molar-refractivity contribution in [2.45, 2.75) is 65.6 Å². The highest BCUT2D eigenvalue weighted by Crippen LogP contribution is 2.37. The number of rotatable bonds is 7. The summed E-state index contributed by atoms with van der Waals surface area (Å²) in [5.74, 6) is 2.30. The Morgan fingerprint density at radius 2 is 1.76 bits per heavy atom. The maximum Gasteiger partial charge on any atom is 0.487 e. The summed E-state index contributed by atoms with van der Waals surface area (Å²) in [6, 6.07) is 10.5. The van der Waals surface area contributed by atoms with Gasteiger partial charge in [-0.3, -0.25) is 4.99 Å². The van der Waals surface area contributed by atoms with E-state index in [0.717, 1.165) is 24.1 Å². The monoisotopic (exact) mass is 443 g/mol. The topological polar surface area (TPSA) is 30.8 Å². The van der Waals surface area contributed by atoms with E-state index < -0.39 is 7.12 Å². The maximum absolute atomic E-state index is 6.15. The molecule has 1 fully saturated rings. The molecule has 4 heteroatoms. The maximum atomic E-state index is 6.15. The van der Waals surface area contributed by atoms with Gasteiger partial charge in [0.05, 0.1) is 16.9 Å². The summed E-state index contributed by atoms with van der Waals surface area (Å²) in [5.41, 5.74) is 5.17. The van der Waals surface area contributed by atoms with Gasteiger partial charge in [0.15, 0.2) is 0 Å². The second kappa shape index (κ2) is 10.7. The molecule has 0 saturated carbocycles. The summed E-state index contributed by atoms with van der Waals surface area (Å²) in [5, 5.41) is 0. The van der Waals surface area contributed by atoms with Gasteiger partial charge >= 0.3 is 7.12 Å². The zero-order chi connectivity index (χ0) is 24.1. The summed E-state index contributed by atoms with van der Waals surface area (Å²) >= 11 is 0. The first kappa shape index (κ1) is 25.2. The quantitative estimate of drug-likeness (QED) is 0.254. The Bertz CT molecular complexity index is 993. The molecule has 2 aliphatic rings. The van der Waals surface area contributed by atoms with Gasteiger partial charge in [-0.25, -0.2) is 0 Å². The smallest absolute Gasteiger partial charge is 0.400 e. The molecule has 0 bridgehead atoms. The van der Waals surface area contributed by atoms with Crippen LogP contribution in [0.15, 0.2) is 88.9 Å². The van der Waals surface area contributed by atoms with Gasteiger partial charge in [-0.1, -0.05) is 73.1 Å². The lowest BCUT2D eigenvalue weighted by Crippen LogP contribution is -2.41. The van der Waals surface area contributed by atoms with Crippen molar-refractivity contribution in [3.63, 3.8) is 0 Å². The van der Waals surface area contributed by atoms with E-state index in [4.69, 9.17) is 9.31 Å². The van der Waals surface area contributed by atoms with Gasteiger partial charge in [0, 0.05) is 7.05 Å². The SMILES string of the molecule is CN=C(/C=C/B1OC(C)(C)C(C)(C)O1)C(=C/C(C)C1=CC=CCC1)/C=C(\C)c1ccccc1. The Balaban J connectivity index is 1.92. The van der Waals surface area contributed by atoms with Gasteiger partial charge in [-0.05, 0) is 82.2 Å². The van der Waals surface area contributed by atoms with Crippen LogP contribution in [-0.2, 0) is 9.31 Å². The first-order valence-corrected chi connectivity index (χ1v) is 11.9. The number of benzene rings is 1. The van der Waals surface area contributed by atoms with Crippen LogP contribution in [0.25, 0.3) is 5.57 Å². The van der Waals surface area contributed by atoms with Crippen molar-refractivity contribution < 1.29 is 9.31 Å². The summed E-state index contributed by atoms with van der Waals surface area (Å²) < 4.78 is 12.3. The Morgan fingerprint density at radius 3 is 2.33 bits per heavy atom. The summed E-state index contributed by atoms with van der Waals surface area (Å²) in [6.07, 6.45) is 15.5. The lowest BCUT2D eigenvalue weighted by Gasteiger charge is -2.32. The molecule has 174 valence electrons. The predicted octanol–water partition coefficient (Wildman–Crippen LogP) is 7.19. The van der Waals surface area contributed by atoms with Crippen LogP contribution in [0.2, 0.25) is 0 Å². The van der Waals surface area contributed by atoms with Crippen molar-refractivity contribution in [3.05, 3.63) is 89.5 Å². The van der Waals surface area contributed by atoms with Gasteiger partial charge in [-0.2, -0.15) is 0 Å². The van der Waals surface area contributed by atoms with Gasteiger partial charge in [0.2, 0.25) is 0 Å². The van der Waals surface area contributed by atoms with E-state index in [1.807, 2.05) is 25.2 Å². The van der Waals surface area contributed by atoms with Crippen LogP contribution in [0.5, 0.6) is 0 Å². The zero-order valence-electron chi connectivity index (χ0n) is 21.3. The van der Waals surface area contributed by atoms with Gasteiger partial charge in [0.1, 0.15) is 0 Å². The largest absolute Gasteiger partial charge is 0.487 e. The number of allylic oxidation sites excluding steroid dienone is 9. The lowest BCUT2D eigenvalue weighted by molar-refractivity contribution is 0.00578. The Kier molecular flexibility index (Phi) is 8.15. The molecule has 1 aliphatic carbocycles.